The van der Waals surface area contributed by atoms with Crippen molar-refractivity contribution in [2.75, 3.05) is 0 Å². The number of benzene rings is 1. The van der Waals surface area contributed by atoms with Crippen molar-refractivity contribution in [3.8, 4) is 17.3 Å². The fourth-order valence-electron chi connectivity index (χ4n) is 2.53. The van der Waals surface area contributed by atoms with Gasteiger partial charge in [0.25, 0.3) is 5.91 Å². The number of nitrogens with zero attached hydrogens (tertiary/aromatic N) is 3. The quantitative estimate of drug-likeness (QED) is 0.492. The average molecular weight is 347 g/mol. The van der Waals surface area contributed by atoms with Crippen molar-refractivity contribution in [2.45, 2.75) is 19.4 Å². The first-order chi connectivity index (χ1) is 12.3. The summed E-state index contributed by atoms with van der Waals surface area (Å²) in [5, 5.41) is 19.2. The fourth-order valence-corrected chi connectivity index (χ4v) is 2.53. The van der Waals surface area contributed by atoms with Gasteiger partial charge in [-0.15, -0.1) is 0 Å². The minimum atomic E-state index is -0.974. The number of H-pyrrole nitrogens is 1. The predicted molar refractivity (Wildman–Crippen MR) is 97.4 cm³/mol. The third-order valence-electron chi connectivity index (χ3n) is 3.96. The van der Waals surface area contributed by atoms with Crippen LogP contribution in [0.25, 0.3) is 28.5 Å². The zero-order valence-corrected chi connectivity index (χ0v) is 14.3. The first kappa shape index (κ1) is 17.3. The molecule has 7 nitrogen and oxygen atoms in total. The molecule has 0 atom stereocenters. The Kier molecular flexibility index (Phi) is 4.28. The number of nitrogens with two attached hydrogens (primary N) is 1. The van der Waals surface area contributed by atoms with Crippen LogP contribution in [0.1, 0.15) is 25.0 Å². The zero-order valence-electron chi connectivity index (χ0n) is 14.3. The summed E-state index contributed by atoms with van der Waals surface area (Å²) in [6.07, 6.45) is 4.62. The van der Waals surface area contributed by atoms with Gasteiger partial charge in [0.15, 0.2) is 5.65 Å². The van der Waals surface area contributed by atoms with Gasteiger partial charge in [0.05, 0.1) is 17.5 Å². The van der Waals surface area contributed by atoms with Crippen LogP contribution in [0.2, 0.25) is 0 Å². The van der Waals surface area contributed by atoms with Gasteiger partial charge >= 0.3 is 0 Å². The lowest BCUT2D eigenvalue weighted by molar-refractivity contribution is -0.114. The number of aromatic amines is 1. The molecule has 3 aromatic rings. The standard InChI is InChI=1S/C19H17N5O2/c1-19(2,26)14-5-3-4-11(7-14)15-10-23-18-16(24-15)13(9-22-18)6-12(8-20)17(21)25/h3-7,9-10,26H,1-2H3,(H2,21,25)(H,22,23). The topological polar surface area (TPSA) is 129 Å². The van der Waals surface area contributed by atoms with Gasteiger partial charge in [0, 0.05) is 17.3 Å². The molecule has 0 fully saturated rings. The van der Waals surface area contributed by atoms with Crippen LogP contribution in [0, 0.1) is 11.3 Å². The van der Waals surface area contributed by atoms with Crippen molar-refractivity contribution in [3.05, 3.63) is 53.4 Å². The van der Waals surface area contributed by atoms with Crippen LogP contribution in [0.4, 0.5) is 0 Å². The number of hydrogen-bond donors (Lipinski definition) is 3. The maximum absolute atomic E-state index is 11.3. The minimum absolute atomic E-state index is 0.165. The molecule has 130 valence electrons. The van der Waals surface area contributed by atoms with Crippen LogP contribution in [0.15, 0.2) is 42.2 Å². The Balaban J connectivity index is 2.12. The van der Waals surface area contributed by atoms with Crippen LogP contribution < -0.4 is 5.73 Å². The van der Waals surface area contributed by atoms with Crippen LogP contribution in [-0.4, -0.2) is 26.0 Å². The van der Waals surface area contributed by atoms with Gasteiger partial charge < -0.3 is 15.8 Å². The zero-order chi connectivity index (χ0) is 18.9. The second-order valence-electron chi connectivity index (χ2n) is 6.37. The normalized spacial score (nSPS) is 12.2. The molecule has 0 unspecified atom stereocenters. The van der Waals surface area contributed by atoms with Crippen LogP contribution >= 0.6 is 0 Å². The maximum atomic E-state index is 11.3. The molecule has 0 radical (unpaired) electrons. The molecule has 0 aliphatic heterocycles. The number of fused-ring (bicyclic) bond motifs is 1. The van der Waals surface area contributed by atoms with Crippen molar-refractivity contribution in [1.29, 1.82) is 5.26 Å². The van der Waals surface area contributed by atoms with Crippen LogP contribution in [0.3, 0.4) is 0 Å². The SMILES string of the molecule is CC(C)(O)c1cccc(-c2cnc3[nH]cc(C=C(C#N)C(N)=O)c3n2)c1. The maximum Gasteiger partial charge on any atom is 0.259 e. The summed E-state index contributed by atoms with van der Waals surface area (Å²) in [4.78, 5) is 23.2. The van der Waals surface area contributed by atoms with Crippen LogP contribution in [0.5, 0.6) is 0 Å². The Morgan fingerprint density at radius 2 is 2.19 bits per heavy atom. The largest absolute Gasteiger partial charge is 0.386 e. The minimum Gasteiger partial charge on any atom is -0.386 e. The van der Waals surface area contributed by atoms with Gasteiger partial charge in [-0.3, -0.25) is 4.79 Å². The van der Waals surface area contributed by atoms with E-state index >= 15 is 0 Å². The molecule has 4 N–H and O–H groups in total. The first-order valence-corrected chi connectivity index (χ1v) is 7.88. The lowest BCUT2D eigenvalue weighted by Gasteiger charge is -2.18. The fraction of sp³-hybridized carbons (Fsp3) is 0.158. The highest BCUT2D eigenvalue weighted by Gasteiger charge is 2.17. The molecule has 1 aromatic carbocycles. The lowest BCUT2D eigenvalue weighted by Crippen LogP contribution is -2.15. The summed E-state index contributed by atoms with van der Waals surface area (Å²) >= 11 is 0. The molecular formula is C19H17N5O2. The molecule has 0 aliphatic carbocycles. The summed E-state index contributed by atoms with van der Waals surface area (Å²) in [5.41, 5.74) is 7.80. The number of carbonyl (C=O) groups excluding carboxylic acids is 1. The third-order valence-corrected chi connectivity index (χ3v) is 3.96. The molecule has 0 spiro atoms. The molecule has 3 rings (SSSR count). The monoisotopic (exact) mass is 347 g/mol. The van der Waals surface area contributed by atoms with E-state index in [9.17, 15) is 9.90 Å². The van der Waals surface area contributed by atoms with E-state index < -0.39 is 11.5 Å². The van der Waals surface area contributed by atoms with Crippen molar-refractivity contribution in [3.63, 3.8) is 0 Å². The molecule has 2 heterocycles. The van der Waals surface area contributed by atoms with E-state index in [0.717, 1.165) is 11.1 Å². The summed E-state index contributed by atoms with van der Waals surface area (Å²) in [7, 11) is 0. The van der Waals surface area contributed by atoms with Crippen LogP contribution in [-0.2, 0) is 10.4 Å². The van der Waals surface area contributed by atoms with Crippen molar-refractivity contribution < 1.29 is 9.90 Å². The Morgan fingerprint density at radius 1 is 1.42 bits per heavy atom. The average Bonchev–Trinajstić information content (AvgIpc) is 3.00. The highest BCUT2D eigenvalue weighted by atomic mass is 16.3. The third kappa shape index (κ3) is 3.31. The summed E-state index contributed by atoms with van der Waals surface area (Å²) in [6.45, 7) is 3.42. The Morgan fingerprint density at radius 3 is 2.85 bits per heavy atom. The van der Waals surface area contributed by atoms with Gasteiger partial charge in [-0.1, -0.05) is 18.2 Å². The molecule has 0 saturated heterocycles. The van der Waals surface area contributed by atoms with E-state index in [1.807, 2.05) is 24.3 Å². The van der Waals surface area contributed by atoms with E-state index in [2.05, 4.69) is 15.0 Å². The molecule has 26 heavy (non-hydrogen) atoms. The number of nitrogens with one attached hydrogen (secondary N) is 1. The van der Waals surface area contributed by atoms with Gasteiger partial charge in [-0.2, -0.15) is 5.26 Å². The number of aliphatic hydroxyl groups is 1. The number of carbonyl (C=O) groups is 1. The molecular weight excluding hydrogens is 330 g/mol. The Hall–Kier alpha value is -3.50. The van der Waals surface area contributed by atoms with Crippen molar-refractivity contribution in [2.24, 2.45) is 5.73 Å². The van der Waals surface area contributed by atoms with Gasteiger partial charge in [0.1, 0.15) is 17.2 Å². The summed E-state index contributed by atoms with van der Waals surface area (Å²) in [6, 6.07) is 9.17. The Bertz CT molecular complexity index is 1070. The van der Waals surface area contributed by atoms with E-state index in [1.165, 1.54) is 6.08 Å². The van der Waals surface area contributed by atoms with E-state index in [0.29, 0.717) is 22.4 Å². The predicted octanol–water partition coefficient (Wildman–Crippen LogP) is 2.24. The van der Waals surface area contributed by atoms with E-state index in [4.69, 9.17) is 11.0 Å². The van der Waals surface area contributed by atoms with Gasteiger partial charge in [-0.25, -0.2) is 9.97 Å². The molecule has 1 amide bonds. The smallest absolute Gasteiger partial charge is 0.259 e. The van der Waals surface area contributed by atoms with E-state index in [1.54, 1.807) is 32.3 Å². The summed E-state index contributed by atoms with van der Waals surface area (Å²) < 4.78 is 0. The van der Waals surface area contributed by atoms with Gasteiger partial charge in [0.2, 0.25) is 0 Å². The molecule has 7 heteroatoms. The molecule has 0 saturated carbocycles. The lowest BCUT2D eigenvalue weighted by atomic mass is 9.96. The number of amides is 1. The molecule has 0 aliphatic rings. The second-order valence-corrected chi connectivity index (χ2v) is 6.37. The number of primary amides is 1. The highest BCUT2D eigenvalue weighted by Crippen LogP contribution is 2.26. The van der Waals surface area contributed by atoms with Crippen molar-refractivity contribution in [1.82, 2.24) is 15.0 Å². The van der Waals surface area contributed by atoms with Crippen molar-refractivity contribution >= 4 is 23.1 Å². The number of rotatable bonds is 4. The number of hydrogen-bond acceptors (Lipinski definition) is 5. The van der Waals surface area contributed by atoms with Gasteiger partial charge in [-0.05, 0) is 31.6 Å². The van der Waals surface area contributed by atoms with E-state index in [-0.39, 0.29) is 5.57 Å². The Labute approximate surface area is 149 Å². The highest BCUT2D eigenvalue weighted by molar-refractivity contribution is 6.02. The first-order valence-electron chi connectivity index (χ1n) is 7.88. The molecule has 2 aromatic heterocycles. The molecule has 0 bridgehead atoms. The number of nitriles is 1. The number of aromatic nitrogens is 3. The second kappa shape index (κ2) is 6.43. The summed E-state index contributed by atoms with van der Waals surface area (Å²) in [5.74, 6) is -0.802.